The van der Waals surface area contributed by atoms with Crippen LogP contribution in [0.4, 0.5) is 13.2 Å². The fourth-order valence-electron chi connectivity index (χ4n) is 2.36. The van der Waals surface area contributed by atoms with Crippen molar-refractivity contribution in [1.82, 2.24) is 0 Å². The Morgan fingerprint density at radius 2 is 1.63 bits per heavy atom. The fraction of sp³-hybridized carbons (Fsp3) is 0.316. The minimum absolute atomic E-state index is 0. The molecule has 3 nitrogen and oxygen atoms in total. The van der Waals surface area contributed by atoms with Crippen LogP contribution in [0.3, 0.4) is 0 Å². The summed E-state index contributed by atoms with van der Waals surface area (Å²) < 4.78 is 49.8. The maximum absolute atomic E-state index is 13.1. The number of ketones is 1. The molecular formula is C19H21F3LiO3P. The van der Waals surface area contributed by atoms with Gasteiger partial charge in [-0.25, -0.2) is 0 Å². The Morgan fingerprint density at radius 3 is 2.11 bits per heavy atom. The first-order valence-corrected chi connectivity index (χ1v) is 9.48. The van der Waals surface area contributed by atoms with Crippen molar-refractivity contribution in [2.75, 3.05) is 6.61 Å². The Hall–Kier alpha value is -1.31. The molecule has 0 aliphatic heterocycles. The summed E-state index contributed by atoms with van der Waals surface area (Å²) in [7, 11) is -2.70. The number of hydrogen-bond acceptors (Lipinski definition) is 3. The summed E-state index contributed by atoms with van der Waals surface area (Å²) in [6.07, 6.45) is -0.247. The van der Waals surface area contributed by atoms with Crippen molar-refractivity contribution in [3.63, 3.8) is 0 Å². The molecule has 0 aromatic heterocycles. The second-order valence-electron chi connectivity index (χ2n) is 5.42. The molecule has 0 radical (unpaired) electrons. The summed E-state index contributed by atoms with van der Waals surface area (Å²) in [5.41, 5.74) is 0.535. The molecule has 2 atom stereocenters. The summed E-state index contributed by atoms with van der Waals surface area (Å²) in [6, 6.07) is 14.3. The average Bonchev–Trinajstić information content (AvgIpc) is 2.64. The van der Waals surface area contributed by atoms with Gasteiger partial charge in [0.15, 0.2) is 14.3 Å². The monoisotopic (exact) mass is 392 g/mol. The van der Waals surface area contributed by atoms with Crippen molar-refractivity contribution in [3.05, 3.63) is 60.2 Å². The quantitative estimate of drug-likeness (QED) is 0.373. The van der Waals surface area contributed by atoms with Crippen LogP contribution in [0.1, 0.15) is 30.6 Å². The second-order valence-corrected chi connectivity index (χ2v) is 7.29. The summed E-state index contributed by atoms with van der Waals surface area (Å²) in [5.74, 6) is -4.24. The summed E-state index contributed by atoms with van der Waals surface area (Å²) in [6.45, 7) is 3.32. The van der Waals surface area contributed by atoms with E-state index in [4.69, 9.17) is 9.26 Å². The molecular weight excluding hydrogens is 371 g/mol. The van der Waals surface area contributed by atoms with E-state index in [0.717, 1.165) is 0 Å². The molecule has 8 heteroatoms. The van der Waals surface area contributed by atoms with E-state index in [1.54, 1.807) is 24.3 Å². The molecule has 0 saturated heterocycles. The first-order valence-electron chi connectivity index (χ1n) is 8.22. The van der Waals surface area contributed by atoms with E-state index in [-0.39, 0.29) is 36.6 Å². The summed E-state index contributed by atoms with van der Waals surface area (Å²) in [4.78, 5) is 12.5. The molecule has 0 N–H and O–H groups in total. The van der Waals surface area contributed by atoms with Crippen LogP contribution in [-0.4, -0.2) is 43.3 Å². The van der Waals surface area contributed by atoms with E-state index in [0.29, 0.717) is 17.7 Å². The van der Waals surface area contributed by atoms with Crippen LogP contribution >= 0.6 is 8.15 Å². The first kappa shape index (κ1) is 23.7. The van der Waals surface area contributed by atoms with Crippen LogP contribution in [0.15, 0.2) is 54.6 Å². The molecule has 0 spiro atoms. The van der Waals surface area contributed by atoms with E-state index in [1.165, 1.54) is 31.2 Å². The van der Waals surface area contributed by atoms with Crippen molar-refractivity contribution >= 4 is 38.1 Å². The van der Waals surface area contributed by atoms with Crippen molar-refractivity contribution in [2.45, 2.75) is 32.3 Å². The molecule has 2 unspecified atom stereocenters. The third-order valence-electron chi connectivity index (χ3n) is 3.56. The van der Waals surface area contributed by atoms with Gasteiger partial charge in [-0.05, 0) is 37.6 Å². The fourth-order valence-corrected chi connectivity index (χ4v) is 3.62. The van der Waals surface area contributed by atoms with Crippen molar-refractivity contribution in [2.24, 2.45) is 0 Å². The number of carbonyl (C=O) groups excluding carboxylic acids is 1. The Kier molecular flexibility index (Phi) is 9.56. The molecule has 2 aromatic rings. The van der Waals surface area contributed by atoms with Gasteiger partial charge in [-0.1, -0.05) is 37.3 Å². The van der Waals surface area contributed by atoms with Gasteiger partial charge >= 0.3 is 24.8 Å². The number of ether oxygens (including phenoxy) is 1. The molecule has 0 aliphatic rings. The molecule has 2 rings (SSSR count). The zero-order chi connectivity index (χ0) is 19.2. The van der Waals surface area contributed by atoms with Gasteiger partial charge in [0.1, 0.15) is 5.75 Å². The standard InChI is InChI=1S/C19H20F3O3P.Li.H/c1-3-17(18(23)14-8-6-5-7-9-14)25-15-10-12-16(13-11-15)26(24-4-2)19(20,21)22;;/h5-13,17H,3-4H2,1-2H3;;. The Morgan fingerprint density at radius 1 is 1.04 bits per heavy atom. The molecule has 142 valence electrons. The number of Topliss-reactive ketones (excluding diaryl/α,β-unsaturated/α-hetero) is 1. The van der Waals surface area contributed by atoms with Crippen molar-refractivity contribution < 1.29 is 27.2 Å². The SMILES string of the molecule is CCOP(c1ccc(OC(CC)C(=O)c2ccccc2)cc1)C(F)(F)F.[LiH]. The third-order valence-corrected chi connectivity index (χ3v) is 5.30. The zero-order valence-corrected chi connectivity index (χ0v) is 15.4. The number of benzene rings is 2. The predicted octanol–water partition coefficient (Wildman–Crippen LogP) is 4.66. The Bertz CT molecular complexity index is 708. The van der Waals surface area contributed by atoms with Gasteiger partial charge in [0.2, 0.25) is 5.78 Å². The molecule has 0 heterocycles. The molecule has 0 fully saturated rings. The summed E-state index contributed by atoms with van der Waals surface area (Å²) >= 11 is 0. The van der Waals surface area contributed by atoms with E-state index >= 15 is 0 Å². The van der Waals surface area contributed by atoms with E-state index in [1.807, 2.05) is 13.0 Å². The third kappa shape index (κ3) is 6.66. The number of alkyl halides is 3. The molecule has 0 saturated carbocycles. The Balaban J connectivity index is 0.00000364. The van der Waals surface area contributed by atoms with Crippen LogP contribution in [0.5, 0.6) is 5.75 Å². The molecule has 0 bridgehead atoms. The number of carbonyl (C=O) groups is 1. The van der Waals surface area contributed by atoms with E-state index in [9.17, 15) is 18.0 Å². The van der Waals surface area contributed by atoms with Gasteiger partial charge in [0.05, 0.1) is 0 Å². The van der Waals surface area contributed by atoms with Gasteiger partial charge in [0, 0.05) is 17.5 Å². The topological polar surface area (TPSA) is 35.5 Å². The van der Waals surface area contributed by atoms with Gasteiger partial charge in [0.25, 0.3) is 0 Å². The maximum atomic E-state index is 13.1. The Labute approximate surface area is 170 Å². The van der Waals surface area contributed by atoms with Crippen LogP contribution < -0.4 is 10.0 Å². The van der Waals surface area contributed by atoms with Crippen molar-refractivity contribution in [3.8, 4) is 5.75 Å². The van der Waals surface area contributed by atoms with E-state index < -0.39 is 20.2 Å². The van der Waals surface area contributed by atoms with Gasteiger partial charge < -0.3 is 9.26 Å². The molecule has 0 aliphatic carbocycles. The molecule has 0 amide bonds. The minimum atomic E-state index is -4.43. The second kappa shape index (κ2) is 10.9. The van der Waals surface area contributed by atoms with Crippen molar-refractivity contribution in [1.29, 1.82) is 0 Å². The van der Waals surface area contributed by atoms with Crippen LogP contribution in [0.2, 0.25) is 0 Å². The van der Waals surface area contributed by atoms with Gasteiger partial charge in [-0.15, -0.1) is 0 Å². The number of hydrogen-bond donors (Lipinski definition) is 0. The predicted molar refractivity (Wildman–Crippen MR) is 103 cm³/mol. The van der Waals surface area contributed by atoms with Crippen LogP contribution in [0.25, 0.3) is 0 Å². The average molecular weight is 392 g/mol. The van der Waals surface area contributed by atoms with E-state index in [2.05, 4.69) is 0 Å². The summed E-state index contributed by atoms with van der Waals surface area (Å²) in [5, 5.41) is 0.0594. The zero-order valence-electron chi connectivity index (χ0n) is 14.5. The first-order chi connectivity index (χ1) is 12.4. The number of rotatable bonds is 8. The number of halogens is 3. The van der Waals surface area contributed by atoms with Gasteiger partial charge in [-0.3, -0.25) is 4.79 Å². The van der Waals surface area contributed by atoms with Crippen LogP contribution in [-0.2, 0) is 4.52 Å². The van der Waals surface area contributed by atoms with Crippen LogP contribution in [0, 0.1) is 0 Å². The molecule has 27 heavy (non-hydrogen) atoms. The normalized spacial score (nSPS) is 13.4. The molecule has 2 aromatic carbocycles. The van der Waals surface area contributed by atoms with Gasteiger partial charge in [-0.2, -0.15) is 13.2 Å².